The molecule has 3 heteroatoms. The van der Waals surface area contributed by atoms with Crippen molar-refractivity contribution in [2.75, 3.05) is 0 Å². The minimum absolute atomic E-state index is 0.0961. The fourth-order valence-electron chi connectivity index (χ4n) is 2.42. The van der Waals surface area contributed by atoms with Gasteiger partial charge in [-0.25, -0.2) is 0 Å². The van der Waals surface area contributed by atoms with E-state index in [4.69, 9.17) is 4.42 Å². The molecular formula is C19H17NO2. The molecule has 0 aliphatic carbocycles. The Balaban J connectivity index is 1.82. The van der Waals surface area contributed by atoms with E-state index >= 15 is 0 Å². The van der Waals surface area contributed by atoms with Crippen LogP contribution in [-0.2, 0) is 6.42 Å². The van der Waals surface area contributed by atoms with E-state index in [1.807, 2.05) is 48.5 Å². The maximum absolute atomic E-state index is 12.3. The monoisotopic (exact) mass is 291 g/mol. The van der Waals surface area contributed by atoms with Crippen LogP contribution in [-0.4, -0.2) is 5.91 Å². The summed E-state index contributed by atoms with van der Waals surface area (Å²) in [6.45, 7) is 0. The number of hydrogen-bond donors (Lipinski definition) is 1. The zero-order valence-corrected chi connectivity index (χ0v) is 12.1. The molecule has 110 valence electrons. The Morgan fingerprint density at radius 1 is 0.909 bits per heavy atom. The van der Waals surface area contributed by atoms with Gasteiger partial charge >= 0.3 is 0 Å². The van der Waals surface area contributed by atoms with Crippen molar-refractivity contribution in [1.29, 1.82) is 0 Å². The van der Waals surface area contributed by atoms with Gasteiger partial charge in [0.15, 0.2) is 5.76 Å². The lowest BCUT2D eigenvalue weighted by atomic mass is 9.99. The average molecular weight is 291 g/mol. The van der Waals surface area contributed by atoms with E-state index in [0.29, 0.717) is 5.76 Å². The van der Waals surface area contributed by atoms with Crippen molar-refractivity contribution in [1.82, 2.24) is 5.32 Å². The van der Waals surface area contributed by atoms with Crippen molar-refractivity contribution in [2.45, 2.75) is 12.5 Å². The maximum Gasteiger partial charge on any atom is 0.287 e. The summed E-state index contributed by atoms with van der Waals surface area (Å²) in [5.74, 6) is 0.128. The summed E-state index contributed by atoms with van der Waals surface area (Å²) in [6.07, 6.45) is 2.24. The van der Waals surface area contributed by atoms with Gasteiger partial charge in [-0.05, 0) is 29.7 Å². The molecule has 1 atom stereocenters. The largest absolute Gasteiger partial charge is 0.459 e. The zero-order valence-electron chi connectivity index (χ0n) is 12.1. The molecule has 3 aromatic rings. The number of furan rings is 1. The van der Waals surface area contributed by atoms with Gasteiger partial charge in [-0.2, -0.15) is 0 Å². The molecule has 0 spiro atoms. The van der Waals surface area contributed by atoms with Gasteiger partial charge in [-0.3, -0.25) is 4.79 Å². The highest BCUT2D eigenvalue weighted by molar-refractivity contribution is 5.91. The lowest BCUT2D eigenvalue weighted by molar-refractivity contribution is 0.0908. The molecule has 3 rings (SSSR count). The van der Waals surface area contributed by atoms with E-state index in [0.717, 1.165) is 12.0 Å². The summed E-state index contributed by atoms with van der Waals surface area (Å²) in [6, 6.07) is 23.4. The smallest absolute Gasteiger partial charge is 0.287 e. The van der Waals surface area contributed by atoms with E-state index in [-0.39, 0.29) is 11.9 Å². The fraction of sp³-hybridized carbons (Fsp3) is 0.105. The summed E-state index contributed by atoms with van der Waals surface area (Å²) in [5, 5.41) is 3.05. The Bertz CT molecular complexity index is 706. The highest BCUT2D eigenvalue weighted by Crippen LogP contribution is 2.19. The molecule has 3 nitrogen and oxygen atoms in total. The molecule has 2 aromatic carbocycles. The minimum atomic E-state index is -0.199. The second-order valence-corrected chi connectivity index (χ2v) is 5.10. The first-order valence-electron chi connectivity index (χ1n) is 7.26. The first-order chi connectivity index (χ1) is 10.8. The molecule has 0 aliphatic rings. The van der Waals surface area contributed by atoms with Gasteiger partial charge in [0.25, 0.3) is 5.91 Å². The van der Waals surface area contributed by atoms with E-state index in [9.17, 15) is 4.79 Å². The van der Waals surface area contributed by atoms with Crippen LogP contribution in [0, 0.1) is 0 Å². The van der Waals surface area contributed by atoms with Crippen LogP contribution in [0.25, 0.3) is 0 Å². The van der Waals surface area contributed by atoms with Crippen molar-refractivity contribution in [3.63, 3.8) is 0 Å². The van der Waals surface area contributed by atoms with Crippen LogP contribution in [0.1, 0.15) is 27.7 Å². The predicted octanol–water partition coefficient (Wildman–Crippen LogP) is 3.99. The van der Waals surface area contributed by atoms with Crippen molar-refractivity contribution in [3.05, 3.63) is 95.9 Å². The normalized spacial score (nSPS) is 11.8. The molecule has 1 amide bonds. The fourth-order valence-corrected chi connectivity index (χ4v) is 2.42. The van der Waals surface area contributed by atoms with E-state index in [2.05, 4.69) is 17.4 Å². The van der Waals surface area contributed by atoms with Crippen molar-refractivity contribution in [3.8, 4) is 0 Å². The summed E-state index contributed by atoms with van der Waals surface area (Å²) >= 11 is 0. The molecule has 22 heavy (non-hydrogen) atoms. The van der Waals surface area contributed by atoms with E-state index in [1.54, 1.807) is 12.1 Å². The van der Waals surface area contributed by atoms with Gasteiger partial charge in [0.1, 0.15) is 0 Å². The second-order valence-electron chi connectivity index (χ2n) is 5.10. The van der Waals surface area contributed by atoms with E-state index in [1.165, 1.54) is 11.8 Å². The quantitative estimate of drug-likeness (QED) is 0.772. The van der Waals surface area contributed by atoms with Crippen LogP contribution in [0.4, 0.5) is 0 Å². The highest BCUT2D eigenvalue weighted by atomic mass is 16.3. The zero-order chi connectivity index (χ0) is 15.2. The van der Waals surface area contributed by atoms with Crippen molar-refractivity contribution < 1.29 is 9.21 Å². The van der Waals surface area contributed by atoms with Crippen LogP contribution < -0.4 is 5.32 Å². The van der Waals surface area contributed by atoms with Gasteiger partial charge in [-0.15, -0.1) is 0 Å². The lowest BCUT2D eigenvalue weighted by Gasteiger charge is -2.19. The summed E-state index contributed by atoms with van der Waals surface area (Å²) in [4.78, 5) is 12.3. The first-order valence-corrected chi connectivity index (χ1v) is 7.26. The van der Waals surface area contributed by atoms with Gasteiger partial charge in [0.05, 0.1) is 12.3 Å². The molecule has 0 bridgehead atoms. The number of carbonyl (C=O) groups is 1. The first kappa shape index (κ1) is 14.1. The Hall–Kier alpha value is -2.81. The third-order valence-corrected chi connectivity index (χ3v) is 3.53. The third-order valence-electron chi connectivity index (χ3n) is 3.53. The molecule has 0 fully saturated rings. The SMILES string of the molecule is O=C(NC(Cc1ccccc1)c1ccccc1)c1ccco1. The molecule has 0 aliphatic heterocycles. The summed E-state index contributed by atoms with van der Waals surface area (Å²) in [5.41, 5.74) is 2.25. The number of rotatable bonds is 5. The van der Waals surface area contributed by atoms with Crippen LogP contribution in [0.15, 0.2) is 83.5 Å². The topological polar surface area (TPSA) is 42.2 Å². The summed E-state index contributed by atoms with van der Waals surface area (Å²) < 4.78 is 5.17. The van der Waals surface area contributed by atoms with Crippen molar-refractivity contribution >= 4 is 5.91 Å². The molecule has 1 heterocycles. The Morgan fingerprint density at radius 2 is 1.59 bits per heavy atom. The summed E-state index contributed by atoms with van der Waals surface area (Å²) in [7, 11) is 0. The van der Waals surface area contributed by atoms with Gasteiger partial charge in [0.2, 0.25) is 0 Å². The molecular weight excluding hydrogens is 274 g/mol. The number of carbonyl (C=O) groups excluding carboxylic acids is 1. The molecule has 1 N–H and O–H groups in total. The highest BCUT2D eigenvalue weighted by Gasteiger charge is 2.17. The second kappa shape index (κ2) is 6.76. The maximum atomic E-state index is 12.3. The Labute approximate surface area is 129 Å². The van der Waals surface area contributed by atoms with Crippen molar-refractivity contribution in [2.24, 2.45) is 0 Å². The van der Waals surface area contributed by atoms with Gasteiger partial charge in [0, 0.05) is 0 Å². The molecule has 0 saturated carbocycles. The molecule has 1 unspecified atom stereocenters. The number of benzene rings is 2. The van der Waals surface area contributed by atoms with E-state index < -0.39 is 0 Å². The van der Waals surface area contributed by atoms with Crippen LogP contribution >= 0.6 is 0 Å². The lowest BCUT2D eigenvalue weighted by Crippen LogP contribution is -2.29. The standard InChI is InChI=1S/C19H17NO2/c21-19(18-12-7-13-22-18)20-17(16-10-5-2-6-11-16)14-15-8-3-1-4-9-15/h1-13,17H,14H2,(H,20,21). The Kier molecular flexibility index (Phi) is 4.35. The predicted molar refractivity (Wildman–Crippen MR) is 85.5 cm³/mol. The minimum Gasteiger partial charge on any atom is -0.459 e. The van der Waals surface area contributed by atoms with Crippen LogP contribution in [0.5, 0.6) is 0 Å². The van der Waals surface area contributed by atoms with Crippen LogP contribution in [0.2, 0.25) is 0 Å². The number of amides is 1. The van der Waals surface area contributed by atoms with Gasteiger partial charge < -0.3 is 9.73 Å². The molecule has 0 saturated heterocycles. The number of hydrogen-bond acceptors (Lipinski definition) is 2. The third kappa shape index (κ3) is 3.44. The Morgan fingerprint density at radius 3 is 2.23 bits per heavy atom. The number of nitrogens with one attached hydrogen (secondary N) is 1. The van der Waals surface area contributed by atoms with Gasteiger partial charge in [-0.1, -0.05) is 60.7 Å². The molecule has 1 aromatic heterocycles. The van der Waals surface area contributed by atoms with Crippen LogP contribution in [0.3, 0.4) is 0 Å². The average Bonchev–Trinajstić information content (AvgIpc) is 3.11. The molecule has 0 radical (unpaired) electrons.